The van der Waals surface area contributed by atoms with E-state index in [-0.39, 0.29) is 19.2 Å². The normalized spacial score (nSPS) is 21.3. The van der Waals surface area contributed by atoms with Crippen LogP contribution in [0.3, 0.4) is 0 Å². The van der Waals surface area contributed by atoms with Crippen LogP contribution < -0.4 is 10.1 Å². The van der Waals surface area contributed by atoms with Crippen molar-refractivity contribution in [3.8, 4) is 5.75 Å². The quantitative estimate of drug-likeness (QED) is 0.778. The zero-order valence-corrected chi connectivity index (χ0v) is 16.3. The summed E-state index contributed by atoms with van der Waals surface area (Å²) < 4.78 is 10.9. The fourth-order valence-electron chi connectivity index (χ4n) is 3.64. The largest absolute Gasteiger partial charge is 0.467 e. The molecule has 0 spiro atoms. The van der Waals surface area contributed by atoms with Crippen LogP contribution in [0.2, 0.25) is 5.02 Å². The van der Waals surface area contributed by atoms with Crippen molar-refractivity contribution in [3.05, 3.63) is 64.2 Å². The molecule has 0 radical (unpaired) electrons. The maximum Gasteiger partial charge on any atom is 0.325 e. The molecule has 0 aliphatic carbocycles. The van der Waals surface area contributed by atoms with Gasteiger partial charge in [-0.25, -0.2) is 4.79 Å². The van der Waals surface area contributed by atoms with E-state index in [1.807, 2.05) is 30.3 Å². The number of rotatable bonds is 5. The lowest BCUT2D eigenvalue weighted by Crippen LogP contribution is -2.44. The second kappa shape index (κ2) is 7.45. The molecule has 0 unspecified atom stereocenters. The zero-order chi connectivity index (χ0) is 19.7. The third-order valence-corrected chi connectivity index (χ3v) is 5.40. The van der Waals surface area contributed by atoms with Crippen LogP contribution in [0.5, 0.6) is 5.75 Å². The van der Waals surface area contributed by atoms with Gasteiger partial charge < -0.3 is 14.8 Å². The Kier molecular flexibility index (Phi) is 5.00. The number of aryl methyl sites for hydroxylation is 1. The van der Waals surface area contributed by atoms with Crippen molar-refractivity contribution in [2.24, 2.45) is 0 Å². The topological polar surface area (TPSA) is 67.9 Å². The highest BCUT2D eigenvalue weighted by molar-refractivity contribution is 6.30. The highest BCUT2D eigenvalue weighted by Crippen LogP contribution is 2.34. The van der Waals surface area contributed by atoms with Crippen LogP contribution in [0.4, 0.5) is 4.79 Å². The number of hydrogen-bond acceptors (Lipinski definition) is 4. The molecule has 2 heterocycles. The molecule has 1 N–H and O–H groups in total. The number of nitrogens with zero attached hydrogens (tertiary/aromatic N) is 1. The van der Waals surface area contributed by atoms with Gasteiger partial charge in [-0.2, -0.15) is 0 Å². The van der Waals surface area contributed by atoms with Gasteiger partial charge in [0.1, 0.15) is 11.3 Å². The Morgan fingerprint density at radius 2 is 2.00 bits per heavy atom. The van der Waals surface area contributed by atoms with Gasteiger partial charge in [-0.3, -0.25) is 9.69 Å². The van der Waals surface area contributed by atoms with Gasteiger partial charge in [0.25, 0.3) is 5.91 Å². The van der Waals surface area contributed by atoms with E-state index in [0.717, 1.165) is 11.1 Å². The van der Waals surface area contributed by atoms with Crippen molar-refractivity contribution < 1.29 is 19.1 Å². The molecule has 6 nitrogen and oxygen atoms in total. The molecule has 146 valence electrons. The molecule has 0 aromatic heterocycles. The Labute approximate surface area is 168 Å². The van der Waals surface area contributed by atoms with E-state index in [9.17, 15) is 9.59 Å². The lowest BCUT2D eigenvalue weighted by molar-refractivity contribution is -0.131. The van der Waals surface area contributed by atoms with Gasteiger partial charge in [0.05, 0.1) is 13.2 Å². The van der Waals surface area contributed by atoms with Gasteiger partial charge >= 0.3 is 6.03 Å². The number of carbonyl (C=O) groups is 2. The van der Waals surface area contributed by atoms with Crippen LogP contribution >= 0.6 is 11.6 Å². The summed E-state index contributed by atoms with van der Waals surface area (Å²) in [6, 6.07) is 13.0. The Balaban J connectivity index is 1.53. The summed E-state index contributed by atoms with van der Waals surface area (Å²) in [6.45, 7) is 2.40. The molecule has 0 saturated carbocycles. The number of fused-ring (bicyclic) bond motifs is 1. The third kappa shape index (κ3) is 3.57. The number of imide groups is 1. The molecule has 2 aromatic rings. The van der Waals surface area contributed by atoms with Crippen molar-refractivity contribution in [2.45, 2.75) is 38.5 Å². The molecule has 2 aromatic carbocycles. The number of ether oxygens (including phenoxy) is 2. The third-order valence-electron chi connectivity index (χ3n) is 5.18. The van der Waals surface area contributed by atoms with E-state index >= 15 is 0 Å². The maximum absolute atomic E-state index is 13.1. The van der Waals surface area contributed by atoms with Crippen LogP contribution in [0.1, 0.15) is 30.0 Å². The van der Waals surface area contributed by atoms with Gasteiger partial charge in [-0.15, -0.1) is 0 Å². The van der Waals surface area contributed by atoms with E-state index in [1.165, 1.54) is 4.90 Å². The predicted octanol–water partition coefficient (Wildman–Crippen LogP) is 3.65. The van der Waals surface area contributed by atoms with E-state index in [4.69, 9.17) is 21.1 Å². The monoisotopic (exact) mass is 400 g/mol. The minimum Gasteiger partial charge on any atom is -0.467 e. The van der Waals surface area contributed by atoms with Gasteiger partial charge in [0.2, 0.25) is 0 Å². The highest BCUT2D eigenvalue weighted by atomic mass is 35.5. The first-order valence-electron chi connectivity index (χ1n) is 9.16. The summed E-state index contributed by atoms with van der Waals surface area (Å²) in [5.41, 5.74) is 1.70. The molecule has 1 fully saturated rings. The Morgan fingerprint density at radius 1 is 1.21 bits per heavy atom. The highest BCUT2D eigenvalue weighted by Gasteiger charge is 2.47. The van der Waals surface area contributed by atoms with E-state index < -0.39 is 11.6 Å². The number of amides is 3. The first kappa shape index (κ1) is 18.8. The van der Waals surface area contributed by atoms with Crippen LogP contribution in [-0.2, 0) is 29.1 Å². The lowest BCUT2D eigenvalue weighted by Gasteiger charge is -2.24. The Bertz CT molecular complexity index is 918. The van der Waals surface area contributed by atoms with Crippen molar-refractivity contribution in [1.82, 2.24) is 10.2 Å². The first-order chi connectivity index (χ1) is 13.5. The summed E-state index contributed by atoms with van der Waals surface area (Å²) in [5, 5.41) is 3.37. The molecular weight excluding hydrogens is 380 g/mol. The number of halogens is 1. The second-order valence-corrected chi connectivity index (χ2v) is 7.74. The number of benzene rings is 2. The fourth-order valence-corrected chi connectivity index (χ4v) is 3.91. The number of carbonyl (C=O) groups excluding carboxylic acids is 2. The SMILES string of the molecule is C[C@]1(CCc2ccccc2)NC(=O)N(Cc2cc(Cl)cc3c2OCOC3)C1=O. The van der Waals surface area contributed by atoms with Gasteiger partial charge in [-0.05, 0) is 37.5 Å². The molecule has 2 aliphatic heterocycles. The molecule has 4 rings (SSSR count). The van der Waals surface area contributed by atoms with Gasteiger partial charge in [0.15, 0.2) is 6.79 Å². The summed E-state index contributed by atoms with van der Waals surface area (Å²) in [7, 11) is 0. The number of nitrogens with one attached hydrogen (secondary N) is 1. The van der Waals surface area contributed by atoms with E-state index in [2.05, 4.69) is 5.32 Å². The van der Waals surface area contributed by atoms with Gasteiger partial charge in [-0.1, -0.05) is 41.9 Å². The standard InChI is InChI=1S/C21H21ClN2O4/c1-21(8-7-14-5-3-2-4-6-14)19(25)24(20(26)23-21)11-15-9-17(22)10-16-12-27-13-28-18(15)16/h2-6,9-10H,7-8,11-13H2,1H3,(H,23,26)/t21-/m1/s1. The molecule has 7 heteroatoms. The fraction of sp³-hybridized carbons (Fsp3) is 0.333. The average molecular weight is 401 g/mol. The lowest BCUT2D eigenvalue weighted by atomic mass is 9.93. The number of hydrogen-bond donors (Lipinski definition) is 1. The van der Waals surface area contributed by atoms with Crippen molar-refractivity contribution in [3.63, 3.8) is 0 Å². The molecule has 1 atom stereocenters. The van der Waals surface area contributed by atoms with Gasteiger partial charge in [0, 0.05) is 16.1 Å². The summed E-state index contributed by atoms with van der Waals surface area (Å²) in [6.07, 6.45) is 1.22. The van der Waals surface area contributed by atoms with Crippen LogP contribution in [-0.4, -0.2) is 29.2 Å². The van der Waals surface area contributed by atoms with Crippen molar-refractivity contribution in [1.29, 1.82) is 0 Å². The number of urea groups is 1. The summed E-state index contributed by atoms with van der Waals surface area (Å²) in [5.74, 6) is 0.392. The van der Waals surface area contributed by atoms with Crippen molar-refractivity contribution >= 4 is 23.5 Å². The minimum absolute atomic E-state index is 0.106. The molecule has 0 bridgehead atoms. The molecule has 3 amide bonds. The van der Waals surface area contributed by atoms with E-state index in [0.29, 0.717) is 35.8 Å². The van der Waals surface area contributed by atoms with Crippen LogP contribution in [0.25, 0.3) is 0 Å². The smallest absolute Gasteiger partial charge is 0.325 e. The van der Waals surface area contributed by atoms with Crippen LogP contribution in [0.15, 0.2) is 42.5 Å². The van der Waals surface area contributed by atoms with Crippen LogP contribution in [0, 0.1) is 0 Å². The molecule has 2 aliphatic rings. The minimum atomic E-state index is -0.935. The van der Waals surface area contributed by atoms with E-state index in [1.54, 1.807) is 19.1 Å². The Hall–Kier alpha value is -2.57. The second-order valence-electron chi connectivity index (χ2n) is 7.30. The molecular formula is C21H21ClN2O4. The Morgan fingerprint density at radius 3 is 2.79 bits per heavy atom. The summed E-state index contributed by atoms with van der Waals surface area (Å²) >= 11 is 6.20. The summed E-state index contributed by atoms with van der Waals surface area (Å²) in [4.78, 5) is 26.9. The zero-order valence-electron chi connectivity index (χ0n) is 15.5. The molecule has 1 saturated heterocycles. The predicted molar refractivity (Wildman–Crippen MR) is 104 cm³/mol. The average Bonchev–Trinajstić information content (AvgIpc) is 2.90. The molecule has 28 heavy (non-hydrogen) atoms. The first-order valence-corrected chi connectivity index (χ1v) is 9.54. The maximum atomic E-state index is 13.1. The van der Waals surface area contributed by atoms with Crippen molar-refractivity contribution in [2.75, 3.05) is 6.79 Å².